The van der Waals surface area contributed by atoms with Gasteiger partial charge in [0.05, 0.1) is 0 Å². The average molecular weight is 357 g/mol. The molecule has 0 spiro atoms. The molecule has 1 amide bonds. The highest BCUT2D eigenvalue weighted by Crippen LogP contribution is 2.29. The fraction of sp³-hybridized carbons (Fsp3) is 0.263. The van der Waals surface area contributed by atoms with Crippen LogP contribution in [0, 0.1) is 0 Å². The lowest BCUT2D eigenvalue weighted by Crippen LogP contribution is -2.56. The van der Waals surface area contributed by atoms with Gasteiger partial charge >= 0.3 is 0 Å². The first-order valence-electron chi connectivity index (χ1n) is 7.95. The molecule has 0 atom stereocenters. The SMILES string of the molecule is CC(C)(C)NC(=S)NNC(=O)C(O)(c1ccccc1)c1ccccc1. The van der Waals surface area contributed by atoms with Crippen LogP contribution in [0.5, 0.6) is 0 Å². The second-order valence-electron chi connectivity index (χ2n) is 6.73. The largest absolute Gasteiger partial charge is 0.372 e. The molecular weight excluding hydrogens is 334 g/mol. The Kier molecular flexibility index (Phi) is 5.77. The van der Waals surface area contributed by atoms with E-state index >= 15 is 0 Å². The van der Waals surface area contributed by atoms with Crippen molar-refractivity contribution in [1.82, 2.24) is 16.2 Å². The van der Waals surface area contributed by atoms with Gasteiger partial charge in [-0.1, -0.05) is 60.7 Å². The van der Waals surface area contributed by atoms with Gasteiger partial charge in [0.25, 0.3) is 5.91 Å². The predicted octanol–water partition coefficient (Wildman–Crippen LogP) is 2.22. The number of nitrogens with one attached hydrogen (secondary N) is 3. The molecule has 0 aliphatic heterocycles. The van der Waals surface area contributed by atoms with E-state index in [4.69, 9.17) is 12.2 Å². The molecule has 0 radical (unpaired) electrons. The topological polar surface area (TPSA) is 73.4 Å². The van der Waals surface area contributed by atoms with E-state index in [0.717, 1.165) is 0 Å². The van der Waals surface area contributed by atoms with E-state index in [-0.39, 0.29) is 10.7 Å². The van der Waals surface area contributed by atoms with Gasteiger partial charge in [-0.25, -0.2) is 0 Å². The van der Waals surface area contributed by atoms with Gasteiger partial charge in [-0.3, -0.25) is 15.6 Å². The summed E-state index contributed by atoms with van der Waals surface area (Å²) in [7, 11) is 0. The summed E-state index contributed by atoms with van der Waals surface area (Å²) >= 11 is 5.16. The third kappa shape index (κ3) is 4.78. The van der Waals surface area contributed by atoms with Crippen LogP contribution in [-0.4, -0.2) is 21.7 Å². The van der Waals surface area contributed by atoms with E-state index < -0.39 is 11.5 Å². The van der Waals surface area contributed by atoms with Crippen LogP contribution in [-0.2, 0) is 10.4 Å². The maximum atomic E-state index is 12.8. The molecule has 0 aromatic heterocycles. The van der Waals surface area contributed by atoms with Gasteiger partial charge in [-0.2, -0.15) is 0 Å². The highest BCUT2D eigenvalue weighted by molar-refractivity contribution is 7.80. The van der Waals surface area contributed by atoms with Crippen molar-refractivity contribution in [1.29, 1.82) is 0 Å². The third-order valence-electron chi connectivity index (χ3n) is 3.49. The van der Waals surface area contributed by atoms with Crippen LogP contribution in [0.1, 0.15) is 31.9 Å². The normalized spacial score (nSPS) is 11.5. The molecule has 2 rings (SSSR count). The standard InChI is InChI=1S/C19H23N3O2S/c1-18(2,3)20-17(25)22-21-16(23)19(24,14-10-6-4-7-11-14)15-12-8-5-9-13-15/h4-13,24H,1-3H3,(H,21,23)(H2,20,22,25). The Hall–Kier alpha value is -2.44. The molecule has 6 heteroatoms. The summed E-state index contributed by atoms with van der Waals surface area (Å²) in [5.41, 5.74) is 3.99. The van der Waals surface area contributed by atoms with Crippen molar-refractivity contribution < 1.29 is 9.90 Å². The number of carbonyl (C=O) groups excluding carboxylic acids is 1. The lowest BCUT2D eigenvalue weighted by Gasteiger charge is -2.29. The number of thiocarbonyl (C=S) groups is 1. The highest BCUT2D eigenvalue weighted by Gasteiger charge is 2.40. The molecule has 25 heavy (non-hydrogen) atoms. The molecule has 0 fully saturated rings. The van der Waals surface area contributed by atoms with Gasteiger partial charge in [0, 0.05) is 5.54 Å². The van der Waals surface area contributed by atoms with Crippen molar-refractivity contribution in [3.63, 3.8) is 0 Å². The van der Waals surface area contributed by atoms with Gasteiger partial charge in [0.1, 0.15) is 0 Å². The molecule has 0 heterocycles. The second kappa shape index (κ2) is 7.63. The summed E-state index contributed by atoms with van der Waals surface area (Å²) < 4.78 is 0. The zero-order valence-electron chi connectivity index (χ0n) is 14.5. The van der Waals surface area contributed by atoms with E-state index in [1.807, 2.05) is 32.9 Å². The number of hydrogen-bond donors (Lipinski definition) is 4. The van der Waals surface area contributed by atoms with Crippen molar-refractivity contribution in [2.75, 3.05) is 0 Å². The number of carbonyl (C=O) groups is 1. The molecule has 2 aromatic carbocycles. The molecule has 0 aliphatic rings. The molecule has 5 nitrogen and oxygen atoms in total. The fourth-order valence-corrected chi connectivity index (χ4v) is 2.72. The minimum atomic E-state index is -1.84. The summed E-state index contributed by atoms with van der Waals surface area (Å²) in [5.74, 6) is -0.622. The lowest BCUT2D eigenvalue weighted by molar-refractivity contribution is -0.137. The maximum absolute atomic E-state index is 12.8. The monoisotopic (exact) mass is 357 g/mol. The van der Waals surface area contributed by atoms with Crippen molar-refractivity contribution in [2.45, 2.75) is 31.9 Å². The molecule has 0 saturated heterocycles. The van der Waals surface area contributed by atoms with Gasteiger partial charge in [0.2, 0.25) is 0 Å². The smallest absolute Gasteiger partial charge is 0.279 e. The van der Waals surface area contributed by atoms with Crippen LogP contribution in [0.25, 0.3) is 0 Å². The Balaban J connectivity index is 2.25. The van der Waals surface area contributed by atoms with Crippen LogP contribution in [0.4, 0.5) is 0 Å². The van der Waals surface area contributed by atoms with Gasteiger partial charge in [-0.05, 0) is 44.1 Å². The number of benzene rings is 2. The molecule has 0 bridgehead atoms. The first-order chi connectivity index (χ1) is 11.7. The van der Waals surface area contributed by atoms with E-state index in [1.54, 1.807) is 48.5 Å². The van der Waals surface area contributed by atoms with E-state index in [9.17, 15) is 9.90 Å². The minimum Gasteiger partial charge on any atom is -0.372 e. The van der Waals surface area contributed by atoms with Crippen LogP contribution in [0.15, 0.2) is 60.7 Å². The number of hydrogen-bond acceptors (Lipinski definition) is 3. The Morgan fingerprint density at radius 1 is 0.880 bits per heavy atom. The molecule has 0 aliphatic carbocycles. The first-order valence-corrected chi connectivity index (χ1v) is 8.36. The van der Waals surface area contributed by atoms with E-state index in [1.165, 1.54) is 0 Å². The van der Waals surface area contributed by atoms with Crippen LogP contribution >= 0.6 is 12.2 Å². The van der Waals surface area contributed by atoms with Crippen LogP contribution in [0.3, 0.4) is 0 Å². The summed E-state index contributed by atoms with van der Waals surface area (Å²) in [5, 5.41) is 14.5. The van der Waals surface area contributed by atoms with E-state index in [2.05, 4.69) is 16.2 Å². The first kappa shape index (κ1) is 18.9. The zero-order chi connectivity index (χ0) is 18.5. The fourth-order valence-electron chi connectivity index (χ4n) is 2.36. The summed E-state index contributed by atoms with van der Waals surface area (Å²) in [6.07, 6.45) is 0. The van der Waals surface area contributed by atoms with Gasteiger partial charge < -0.3 is 10.4 Å². The Bertz CT molecular complexity index is 688. The molecule has 132 valence electrons. The zero-order valence-corrected chi connectivity index (χ0v) is 15.4. The number of aliphatic hydroxyl groups is 1. The quantitative estimate of drug-likeness (QED) is 0.501. The van der Waals surface area contributed by atoms with Crippen molar-refractivity contribution in [3.8, 4) is 0 Å². The number of hydrazine groups is 1. The summed E-state index contributed by atoms with van der Waals surface area (Å²) in [6.45, 7) is 5.85. The van der Waals surface area contributed by atoms with Gasteiger partial charge in [0.15, 0.2) is 10.7 Å². The van der Waals surface area contributed by atoms with Gasteiger partial charge in [-0.15, -0.1) is 0 Å². The van der Waals surface area contributed by atoms with Crippen molar-refractivity contribution in [2.24, 2.45) is 0 Å². The molecule has 4 N–H and O–H groups in total. The van der Waals surface area contributed by atoms with Crippen LogP contribution in [0.2, 0.25) is 0 Å². The summed E-state index contributed by atoms with van der Waals surface area (Å²) in [4.78, 5) is 12.8. The number of amides is 1. The Labute approximate surface area is 153 Å². The summed E-state index contributed by atoms with van der Waals surface area (Å²) in [6, 6.07) is 17.6. The van der Waals surface area contributed by atoms with E-state index in [0.29, 0.717) is 11.1 Å². The number of rotatable bonds is 3. The lowest BCUT2D eigenvalue weighted by atomic mass is 9.85. The minimum absolute atomic E-state index is 0.246. The average Bonchev–Trinajstić information content (AvgIpc) is 2.59. The molecule has 2 aromatic rings. The predicted molar refractivity (Wildman–Crippen MR) is 103 cm³/mol. The highest BCUT2D eigenvalue weighted by atomic mass is 32.1. The Morgan fingerprint density at radius 3 is 1.72 bits per heavy atom. The van der Waals surface area contributed by atoms with Crippen LogP contribution < -0.4 is 16.2 Å². The third-order valence-corrected chi connectivity index (χ3v) is 3.69. The second-order valence-corrected chi connectivity index (χ2v) is 7.13. The molecule has 0 saturated carbocycles. The van der Waals surface area contributed by atoms with Crippen molar-refractivity contribution >= 4 is 23.2 Å². The van der Waals surface area contributed by atoms with Crippen molar-refractivity contribution in [3.05, 3.63) is 71.8 Å². The Morgan fingerprint density at radius 2 is 1.32 bits per heavy atom. The molecule has 0 unspecified atom stereocenters. The molecular formula is C19H23N3O2S. The maximum Gasteiger partial charge on any atom is 0.279 e.